The second kappa shape index (κ2) is 6.74. The Labute approximate surface area is 171 Å². The van der Waals surface area contributed by atoms with E-state index in [9.17, 15) is 24.6 Å². The number of fused-ring (bicyclic) bond motifs is 5. The number of rotatable bonds is 3. The predicted octanol–water partition coefficient (Wildman–Crippen LogP) is 2.35. The summed E-state index contributed by atoms with van der Waals surface area (Å²) in [7, 11) is 0. The van der Waals surface area contributed by atoms with Gasteiger partial charge >= 0.3 is 5.97 Å². The number of Topliss-reactive ketones (excluding diaryl/α,β-unsaturated/α-hetero) is 1. The molecule has 6 heteroatoms. The molecule has 3 fully saturated rings. The largest absolute Gasteiger partial charge is 0.451 e. The minimum Gasteiger partial charge on any atom is -0.451 e. The van der Waals surface area contributed by atoms with E-state index in [0.717, 1.165) is 31.3 Å². The van der Waals surface area contributed by atoms with Crippen molar-refractivity contribution in [1.82, 2.24) is 0 Å². The Morgan fingerprint density at radius 3 is 2.59 bits per heavy atom. The summed E-state index contributed by atoms with van der Waals surface area (Å²) in [4.78, 5) is 36.8. The van der Waals surface area contributed by atoms with Gasteiger partial charge in [0.2, 0.25) is 5.78 Å². The molecular weight excluding hydrogens is 372 g/mol. The molecule has 29 heavy (non-hydrogen) atoms. The van der Waals surface area contributed by atoms with Crippen LogP contribution in [0.3, 0.4) is 0 Å². The van der Waals surface area contributed by atoms with Gasteiger partial charge in [-0.2, -0.15) is 0 Å². The Hall–Kier alpha value is -1.53. The Kier molecular flexibility index (Phi) is 4.82. The van der Waals surface area contributed by atoms with Gasteiger partial charge in [0.05, 0.1) is 6.10 Å². The molecule has 0 aromatic carbocycles. The second-order valence-electron chi connectivity index (χ2n) is 10.1. The number of carbonyl (C=O) groups is 3. The van der Waals surface area contributed by atoms with E-state index in [1.54, 1.807) is 6.08 Å². The van der Waals surface area contributed by atoms with Crippen molar-refractivity contribution >= 4 is 17.5 Å². The molecule has 7 atom stereocenters. The Morgan fingerprint density at radius 2 is 1.93 bits per heavy atom. The van der Waals surface area contributed by atoms with Crippen LogP contribution in [0.1, 0.15) is 65.7 Å². The molecule has 0 aromatic heterocycles. The lowest BCUT2D eigenvalue weighted by Crippen LogP contribution is -2.63. The van der Waals surface area contributed by atoms with E-state index >= 15 is 0 Å². The number of hydrogen-bond donors (Lipinski definition) is 2. The Balaban J connectivity index is 1.76. The molecule has 4 rings (SSSR count). The van der Waals surface area contributed by atoms with Crippen molar-refractivity contribution in [2.45, 2.75) is 77.4 Å². The molecule has 4 aliphatic carbocycles. The quantitative estimate of drug-likeness (QED) is 0.701. The monoisotopic (exact) mass is 404 g/mol. The van der Waals surface area contributed by atoms with Crippen LogP contribution in [0.4, 0.5) is 0 Å². The van der Waals surface area contributed by atoms with E-state index < -0.39 is 35.5 Å². The molecule has 0 aliphatic heterocycles. The summed E-state index contributed by atoms with van der Waals surface area (Å²) in [6, 6.07) is 0. The first kappa shape index (κ1) is 20.7. The number of ether oxygens (including phenoxy) is 1. The van der Waals surface area contributed by atoms with Crippen LogP contribution in [0.5, 0.6) is 0 Å². The van der Waals surface area contributed by atoms with E-state index in [2.05, 4.69) is 6.92 Å². The van der Waals surface area contributed by atoms with Gasteiger partial charge in [-0.3, -0.25) is 14.4 Å². The zero-order valence-corrected chi connectivity index (χ0v) is 17.6. The molecule has 0 aromatic rings. The molecular formula is C23H32O6. The fraction of sp³-hybridized carbons (Fsp3) is 0.783. The molecule has 160 valence electrons. The topological polar surface area (TPSA) is 101 Å². The summed E-state index contributed by atoms with van der Waals surface area (Å²) >= 11 is 0. The van der Waals surface area contributed by atoms with Gasteiger partial charge in [-0.15, -0.1) is 0 Å². The number of carbonyl (C=O) groups excluding carboxylic acids is 3. The zero-order chi connectivity index (χ0) is 21.2. The molecule has 0 amide bonds. The van der Waals surface area contributed by atoms with Gasteiger partial charge in [0, 0.05) is 18.8 Å². The number of aliphatic hydroxyl groups excluding tert-OH is 2. The van der Waals surface area contributed by atoms with Crippen LogP contribution in [0.15, 0.2) is 11.6 Å². The van der Waals surface area contributed by atoms with Crippen LogP contribution < -0.4 is 0 Å². The number of esters is 1. The second-order valence-corrected chi connectivity index (χ2v) is 10.1. The highest BCUT2D eigenvalue weighted by Gasteiger charge is 2.70. The normalized spacial score (nSPS) is 46.2. The molecule has 3 saturated carbocycles. The van der Waals surface area contributed by atoms with E-state index in [1.165, 1.54) is 6.92 Å². The predicted molar refractivity (Wildman–Crippen MR) is 105 cm³/mol. The lowest BCUT2D eigenvalue weighted by molar-refractivity contribution is -0.200. The van der Waals surface area contributed by atoms with Crippen molar-refractivity contribution in [3.8, 4) is 0 Å². The molecule has 0 spiro atoms. The maximum absolute atomic E-state index is 12.9. The standard InChI is InChI=1S/C23H32O6/c1-13(25)29-23(19(28)12-24)9-7-17-16-5-4-14-10-15(26)6-8-21(14,2)20(16)18(27)11-22(17,23)3/h10,16-18,20,24,27H,4-9,11-12H2,1-3H3/t16-,17+,18+,20+,21+,22+,23+/m1/s1. The molecule has 0 bridgehead atoms. The highest BCUT2D eigenvalue weighted by atomic mass is 16.6. The Bertz CT molecular complexity index is 786. The average molecular weight is 405 g/mol. The van der Waals surface area contributed by atoms with Crippen LogP contribution in [0.25, 0.3) is 0 Å². The number of allylic oxidation sites excluding steroid dienone is 1. The van der Waals surface area contributed by atoms with Gasteiger partial charge in [-0.25, -0.2) is 0 Å². The number of hydrogen-bond acceptors (Lipinski definition) is 6. The molecule has 2 N–H and O–H groups in total. The van der Waals surface area contributed by atoms with Gasteiger partial charge in [-0.1, -0.05) is 19.4 Å². The van der Waals surface area contributed by atoms with Crippen LogP contribution in [0, 0.1) is 28.6 Å². The summed E-state index contributed by atoms with van der Waals surface area (Å²) in [6.07, 6.45) is 5.59. The highest BCUT2D eigenvalue weighted by molar-refractivity contribution is 5.92. The van der Waals surface area contributed by atoms with Crippen molar-refractivity contribution in [2.24, 2.45) is 28.6 Å². The molecule has 0 unspecified atom stereocenters. The molecule has 0 radical (unpaired) electrons. The number of ketones is 2. The smallest absolute Gasteiger partial charge is 0.303 e. The van der Waals surface area contributed by atoms with Crippen LogP contribution in [-0.4, -0.2) is 46.1 Å². The van der Waals surface area contributed by atoms with E-state index in [4.69, 9.17) is 4.74 Å². The van der Waals surface area contributed by atoms with Crippen LogP contribution in [0.2, 0.25) is 0 Å². The average Bonchev–Trinajstić information content (AvgIpc) is 2.93. The molecule has 0 saturated heterocycles. The van der Waals surface area contributed by atoms with Crippen molar-refractivity contribution in [3.63, 3.8) is 0 Å². The van der Waals surface area contributed by atoms with Gasteiger partial charge in [0.1, 0.15) is 6.61 Å². The summed E-state index contributed by atoms with van der Waals surface area (Å²) in [5.41, 5.74) is -1.12. The third-order valence-electron chi connectivity index (χ3n) is 8.93. The summed E-state index contributed by atoms with van der Waals surface area (Å²) in [5.74, 6) is -0.462. The summed E-state index contributed by atoms with van der Waals surface area (Å²) in [6.45, 7) is 4.76. The highest BCUT2D eigenvalue weighted by Crippen LogP contribution is 2.68. The SMILES string of the molecule is CC(=O)O[C@]1(C(=O)CO)CC[C@H]2[C@H]3CCC4=CC(=O)CC[C@]4(C)[C@@H]3[C@@H](O)C[C@@]21C. The maximum atomic E-state index is 12.9. The third-order valence-corrected chi connectivity index (χ3v) is 8.93. The lowest BCUT2D eigenvalue weighted by atomic mass is 9.45. The first-order valence-electron chi connectivity index (χ1n) is 10.8. The van der Waals surface area contributed by atoms with Crippen molar-refractivity contribution in [3.05, 3.63) is 11.6 Å². The number of aliphatic hydroxyl groups is 2. The van der Waals surface area contributed by atoms with Crippen molar-refractivity contribution in [1.29, 1.82) is 0 Å². The van der Waals surface area contributed by atoms with E-state index in [0.29, 0.717) is 19.3 Å². The molecule has 6 nitrogen and oxygen atoms in total. The summed E-state index contributed by atoms with van der Waals surface area (Å²) in [5, 5.41) is 21.0. The lowest BCUT2D eigenvalue weighted by Gasteiger charge is -2.60. The van der Waals surface area contributed by atoms with Gasteiger partial charge in [0.25, 0.3) is 0 Å². The van der Waals surface area contributed by atoms with Gasteiger partial charge in [0.15, 0.2) is 11.4 Å². The van der Waals surface area contributed by atoms with E-state index in [1.807, 2.05) is 6.92 Å². The van der Waals surface area contributed by atoms with Crippen molar-refractivity contribution in [2.75, 3.05) is 6.61 Å². The third kappa shape index (κ3) is 2.71. The Morgan fingerprint density at radius 1 is 1.21 bits per heavy atom. The minimum absolute atomic E-state index is 0.0334. The van der Waals surface area contributed by atoms with Gasteiger partial charge < -0.3 is 14.9 Å². The van der Waals surface area contributed by atoms with Crippen molar-refractivity contribution < 1.29 is 29.3 Å². The zero-order valence-electron chi connectivity index (χ0n) is 17.6. The van der Waals surface area contributed by atoms with Gasteiger partial charge in [-0.05, 0) is 67.8 Å². The minimum atomic E-state index is -1.37. The summed E-state index contributed by atoms with van der Waals surface area (Å²) < 4.78 is 5.68. The molecule has 0 heterocycles. The van der Waals surface area contributed by atoms with Crippen LogP contribution in [-0.2, 0) is 19.1 Å². The fourth-order valence-electron chi connectivity index (χ4n) is 7.73. The maximum Gasteiger partial charge on any atom is 0.303 e. The fourth-order valence-corrected chi connectivity index (χ4v) is 7.73. The molecule has 4 aliphatic rings. The van der Waals surface area contributed by atoms with Crippen LogP contribution >= 0.6 is 0 Å². The van der Waals surface area contributed by atoms with E-state index in [-0.39, 0.29) is 29.0 Å². The first-order chi connectivity index (χ1) is 13.6. The first-order valence-corrected chi connectivity index (χ1v) is 10.8.